The Kier molecular flexibility index (Phi) is 8.47. The molecule has 0 saturated carbocycles. The van der Waals surface area contributed by atoms with Gasteiger partial charge in [0.25, 0.3) is 0 Å². The smallest absolute Gasteiger partial charge is 0.234 e. The Morgan fingerprint density at radius 1 is 0.966 bits per heavy atom. The van der Waals surface area contributed by atoms with Crippen LogP contribution < -0.4 is 5.32 Å². The summed E-state index contributed by atoms with van der Waals surface area (Å²) in [5.74, 6) is 0.142. The molecule has 2 aromatic rings. The molecular weight excluding hydrogens is 358 g/mol. The van der Waals surface area contributed by atoms with Crippen LogP contribution in [-0.2, 0) is 11.2 Å². The summed E-state index contributed by atoms with van der Waals surface area (Å²) in [6, 6.07) is 21.1. The van der Waals surface area contributed by atoms with Gasteiger partial charge < -0.3 is 5.32 Å². The van der Waals surface area contributed by atoms with Gasteiger partial charge in [-0.3, -0.25) is 14.6 Å². The zero-order valence-corrected chi connectivity index (χ0v) is 17.5. The molecule has 1 aliphatic heterocycles. The van der Waals surface area contributed by atoms with Crippen LogP contribution in [-0.4, -0.2) is 61.0 Å². The Hall–Kier alpha value is -2.43. The summed E-state index contributed by atoms with van der Waals surface area (Å²) in [6.07, 6.45) is 6.37. The van der Waals surface area contributed by atoms with E-state index in [4.69, 9.17) is 0 Å². The first-order chi connectivity index (χ1) is 14.2. The van der Waals surface area contributed by atoms with Gasteiger partial charge in [0.15, 0.2) is 0 Å². The Morgan fingerprint density at radius 3 is 2.28 bits per heavy atom. The molecule has 1 fully saturated rings. The maximum atomic E-state index is 12.4. The van der Waals surface area contributed by atoms with E-state index in [-0.39, 0.29) is 11.9 Å². The van der Waals surface area contributed by atoms with Crippen LogP contribution in [0.3, 0.4) is 0 Å². The second kappa shape index (κ2) is 11.5. The number of piperazine rings is 1. The number of amides is 1. The number of hydrogen-bond acceptors (Lipinski definition) is 3. The second-order valence-corrected chi connectivity index (χ2v) is 7.88. The summed E-state index contributed by atoms with van der Waals surface area (Å²) >= 11 is 0. The number of carbonyl (C=O) groups is 1. The first kappa shape index (κ1) is 21.3. The summed E-state index contributed by atoms with van der Waals surface area (Å²) in [4.78, 5) is 17.1. The molecule has 1 atom stereocenters. The Labute approximate surface area is 175 Å². The van der Waals surface area contributed by atoms with E-state index < -0.39 is 0 Å². The molecule has 0 aromatic heterocycles. The van der Waals surface area contributed by atoms with Gasteiger partial charge in [-0.15, -0.1) is 0 Å². The minimum absolute atomic E-state index is 0.142. The van der Waals surface area contributed by atoms with Gasteiger partial charge in [-0.1, -0.05) is 72.8 Å². The normalized spacial score (nSPS) is 16.7. The number of rotatable bonds is 9. The topological polar surface area (TPSA) is 35.6 Å². The predicted octanol–water partition coefficient (Wildman–Crippen LogP) is 3.45. The average Bonchev–Trinajstić information content (AvgIpc) is 2.75. The van der Waals surface area contributed by atoms with Gasteiger partial charge in [0.05, 0.1) is 6.54 Å². The molecular formula is C25H33N3O. The standard InChI is InChI=1S/C25H33N3O/c1-22(14-15-24-11-6-3-7-12-24)26-25(29)21-28-19-17-27(18-20-28)16-8-13-23-9-4-2-5-10-23/h2-13,22H,14-21H2,1H3,(H,26,29)/b13-8+. The highest BCUT2D eigenvalue weighted by molar-refractivity contribution is 5.78. The van der Waals surface area contributed by atoms with Crippen LogP contribution in [0, 0.1) is 0 Å². The summed E-state index contributed by atoms with van der Waals surface area (Å²) in [7, 11) is 0. The van der Waals surface area contributed by atoms with Crippen molar-refractivity contribution in [2.45, 2.75) is 25.8 Å². The third-order valence-electron chi connectivity index (χ3n) is 5.42. The lowest BCUT2D eigenvalue weighted by atomic mass is 10.1. The van der Waals surface area contributed by atoms with Crippen LogP contribution in [0.2, 0.25) is 0 Å². The van der Waals surface area contributed by atoms with Gasteiger partial charge >= 0.3 is 0 Å². The molecule has 1 saturated heterocycles. The fraction of sp³-hybridized carbons (Fsp3) is 0.400. The van der Waals surface area contributed by atoms with Crippen molar-refractivity contribution >= 4 is 12.0 Å². The molecule has 1 heterocycles. The zero-order valence-electron chi connectivity index (χ0n) is 17.5. The fourth-order valence-electron chi connectivity index (χ4n) is 3.66. The van der Waals surface area contributed by atoms with Gasteiger partial charge in [-0.05, 0) is 30.9 Å². The van der Waals surface area contributed by atoms with Gasteiger partial charge in [0, 0.05) is 38.8 Å². The van der Waals surface area contributed by atoms with E-state index in [2.05, 4.69) is 82.7 Å². The fourth-order valence-corrected chi connectivity index (χ4v) is 3.66. The van der Waals surface area contributed by atoms with Gasteiger partial charge in [-0.25, -0.2) is 0 Å². The van der Waals surface area contributed by atoms with Crippen molar-refractivity contribution in [3.8, 4) is 0 Å². The van der Waals surface area contributed by atoms with E-state index in [1.165, 1.54) is 11.1 Å². The SMILES string of the molecule is CC(CCc1ccccc1)NC(=O)CN1CCN(C/C=C/c2ccccc2)CC1. The van der Waals surface area contributed by atoms with Crippen molar-refractivity contribution in [3.63, 3.8) is 0 Å². The summed E-state index contributed by atoms with van der Waals surface area (Å²) in [6.45, 7) is 7.48. The van der Waals surface area contributed by atoms with Crippen LogP contribution in [0.25, 0.3) is 6.08 Å². The molecule has 2 aromatic carbocycles. The van der Waals surface area contributed by atoms with E-state index in [0.717, 1.165) is 45.6 Å². The molecule has 4 nitrogen and oxygen atoms in total. The number of nitrogens with zero attached hydrogens (tertiary/aromatic N) is 2. The molecule has 1 N–H and O–H groups in total. The van der Waals surface area contributed by atoms with E-state index >= 15 is 0 Å². The molecule has 0 bridgehead atoms. The van der Waals surface area contributed by atoms with E-state index in [0.29, 0.717) is 6.54 Å². The Morgan fingerprint density at radius 2 is 1.59 bits per heavy atom. The van der Waals surface area contributed by atoms with Crippen molar-refractivity contribution in [1.29, 1.82) is 0 Å². The summed E-state index contributed by atoms with van der Waals surface area (Å²) in [5, 5.41) is 3.16. The molecule has 0 radical (unpaired) electrons. The summed E-state index contributed by atoms with van der Waals surface area (Å²) < 4.78 is 0. The minimum atomic E-state index is 0.142. The van der Waals surface area contributed by atoms with Gasteiger partial charge in [0.2, 0.25) is 5.91 Å². The molecule has 1 unspecified atom stereocenters. The average molecular weight is 392 g/mol. The quantitative estimate of drug-likeness (QED) is 0.711. The van der Waals surface area contributed by atoms with Crippen molar-refractivity contribution in [3.05, 3.63) is 77.9 Å². The molecule has 1 amide bonds. The van der Waals surface area contributed by atoms with Crippen LogP contribution in [0.15, 0.2) is 66.7 Å². The highest BCUT2D eigenvalue weighted by Gasteiger charge is 2.18. The molecule has 0 spiro atoms. The van der Waals surface area contributed by atoms with Crippen LogP contribution in [0.1, 0.15) is 24.5 Å². The number of nitrogens with one attached hydrogen (secondary N) is 1. The lowest BCUT2D eigenvalue weighted by molar-refractivity contribution is -0.123. The lowest BCUT2D eigenvalue weighted by Crippen LogP contribution is -2.50. The van der Waals surface area contributed by atoms with Crippen molar-refractivity contribution < 1.29 is 4.79 Å². The first-order valence-electron chi connectivity index (χ1n) is 10.7. The second-order valence-electron chi connectivity index (χ2n) is 7.88. The summed E-state index contributed by atoms with van der Waals surface area (Å²) in [5.41, 5.74) is 2.57. The zero-order chi connectivity index (χ0) is 20.3. The molecule has 0 aliphatic carbocycles. The number of carbonyl (C=O) groups excluding carboxylic acids is 1. The molecule has 3 rings (SSSR count). The van der Waals surface area contributed by atoms with Crippen molar-refractivity contribution in [2.75, 3.05) is 39.3 Å². The number of hydrogen-bond donors (Lipinski definition) is 1. The lowest BCUT2D eigenvalue weighted by Gasteiger charge is -2.33. The van der Waals surface area contributed by atoms with Gasteiger partial charge in [0.1, 0.15) is 0 Å². The predicted molar refractivity (Wildman–Crippen MR) is 121 cm³/mol. The van der Waals surface area contributed by atoms with E-state index in [1.807, 2.05) is 12.1 Å². The van der Waals surface area contributed by atoms with Crippen LogP contribution in [0.5, 0.6) is 0 Å². The van der Waals surface area contributed by atoms with Crippen molar-refractivity contribution in [2.24, 2.45) is 0 Å². The monoisotopic (exact) mass is 391 g/mol. The molecule has 4 heteroatoms. The van der Waals surface area contributed by atoms with E-state index in [9.17, 15) is 4.79 Å². The largest absolute Gasteiger partial charge is 0.353 e. The third kappa shape index (κ3) is 7.84. The maximum absolute atomic E-state index is 12.4. The molecule has 29 heavy (non-hydrogen) atoms. The number of benzene rings is 2. The minimum Gasteiger partial charge on any atom is -0.353 e. The third-order valence-corrected chi connectivity index (χ3v) is 5.42. The van der Waals surface area contributed by atoms with Crippen molar-refractivity contribution in [1.82, 2.24) is 15.1 Å². The Bertz CT molecular complexity index is 752. The molecule has 154 valence electrons. The molecule has 1 aliphatic rings. The maximum Gasteiger partial charge on any atom is 0.234 e. The first-order valence-corrected chi connectivity index (χ1v) is 10.7. The van der Waals surface area contributed by atoms with Crippen LogP contribution >= 0.6 is 0 Å². The number of aryl methyl sites for hydroxylation is 1. The highest BCUT2D eigenvalue weighted by atomic mass is 16.2. The van der Waals surface area contributed by atoms with Gasteiger partial charge in [-0.2, -0.15) is 0 Å². The highest BCUT2D eigenvalue weighted by Crippen LogP contribution is 2.06. The Balaban J connectivity index is 1.30. The van der Waals surface area contributed by atoms with Crippen LogP contribution in [0.4, 0.5) is 0 Å². The van der Waals surface area contributed by atoms with E-state index in [1.54, 1.807) is 0 Å².